The van der Waals surface area contributed by atoms with Gasteiger partial charge in [-0.3, -0.25) is 14.9 Å². The van der Waals surface area contributed by atoms with E-state index in [-0.39, 0.29) is 11.7 Å². The third kappa shape index (κ3) is 3.46. The van der Waals surface area contributed by atoms with Crippen LogP contribution in [0.5, 0.6) is 0 Å². The Morgan fingerprint density at radius 2 is 1.92 bits per heavy atom. The molecule has 24 heavy (non-hydrogen) atoms. The van der Waals surface area contributed by atoms with Gasteiger partial charge in [0.1, 0.15) is 5.82 Å². The fourth-order valence-electron chi connectivity index (χ4n) is 2.37. The first-order valence-electron chi connectivity index (χ1n) is 7.30. The Balaban J connectivity index is 1.82. The van der Waals surface area contributed by atoms with Crippen molar-refractivity contribution in [2.75, 3.05) is 11.1 Å². The zero-order valence-corrected chi connectivity index (χ0v) is 13.5. The fraction of sp³-hybridized carbons (Fsp3) is 0.118. The largest absolute Gasteiger partial charge is 0.322 e. The highest BCUT2D eigenvalue weighted by atomic mass is 32.1. The summed E-state index contributed by atoms with van der Waals surface area (Å²) in [5.41, 5.74) is 2.73. The van der Waals surface area contributed by atoms with Gasteiger partial charge in [-0.1, -0.05) is 0 Å². The average molecular weight is 342 g/mol. The molecular weight excluding hydrogens is 327 g/mol. The second-order valence-corrected chi connectivity index (χ2v) is 5.54. The number of nitrogens with one attached hydrogen (secondary N) is 2. The van der Waals surface area contributed by atoms with Gasteiger partial charge in [0, 0.05) is 23.7 Å². The van der Waals surface area contributed by atoms with Crippen LogP contribution in [0, 0.1) is 5.82 Å². The Hall–Kier alpha value is -2.67. The van der Waals surface area contributed by atoms with E-state index >= 15 is 0 Å². The molecule has 0 saturated heterocycles. The summed E-state index contributed by atoms with van der Waals surface area (Å²) in [6.07, 6.45) is 4.81. The number of benzene rings is 1. The van der Waals surface area contributed by atoms with Gasteiger partial charge in [0.05, 0.1) is 23.5 Å². The van der Waals surface area contributed by atoms with Crippen LogP contribution in [-0.4, -0.2) is 26.8 Å². The highest BCUT2D eigenvalue weighted by molar-refractivity contribution is 7.80. The average Bonchev–Trinajstić information content (AvgIpc) is 3.05. The van der Waals surface area contributed by atoms with Gasteiger partial charge in [-0.2, -0.15) is 17.7 Å². The zero-order valence-electron chi connectivity index (χ0n) is 12.6. The molecule has 1 amide bonds. The minimum Gasteiger partial charge on any atom is -0.322 e. The summed E-state index contributed by atoms with van der Waals surface area (Å²) in [7, 11) is 0. The molecule has 0 fully saturated rings. The van der Waals surface area contributed by atoms with Crippen LogP contribution in [0.2, 0.25) is 0 Å². The van der Waals surface area contributed by atoms with E-state index in [4.69, 9.17) is 0 Å². The maximum absolute atomic E-state index is 13.1. The number of carbonyl (C=O) groups is 1. The van der Waals surface area contributed by atoms with Gasteiger partial charge in [-0.05, 0) is 42.0 Å². The predicted octanol–water partition coefficient (Wildman–Crippen LogP) is 3.26. The van der Waals surface area contributed by atoms with E-state index in [2.05, 4.69) is 33.1 Å². The first kappa shape index (κ1) is 16.2. The van der Waals surface area contributed by atoms with Crippen molar-refractivity contribution < 1.29 is 9.18 Å². The molecule has 1 aromatic carbocycles. The van der Waals surface area contributed by atoms with Crippen LogP contribution in [0.15, 0.2) is 55.0 Å². The molecule has 1 unspecified atom stereocenters. The molecule has 2 aromatic heterocycles. The number of thiol groups is 1. The van der Waals surface area contributed by atoms with E-state index < -0.39 is 5.92 Å². The standard InChI is InChI=1S/C17H15FN4OS/c18-13-3-1-12(2-4-13)16-15(9-20-22-16)21-17(23)14(10-24)11-5-7-19-8-6-11/h1-9,14,24H,10H2,(H,20,22)(H,21,23). The summed E-state index contributed by atoms with van der Waals surface area (Å²) in [5, 5.41) is 9.65. The summed E-state index contributed by atoms with van der Waals surface area (Å²) in [6, 6.07) is 9.53. The van der Waals surface area contributed by atoms with Crippen molar-refractivity contribution in [2.24, 2.45) is 0 Å². The van der Waals surface area contributed by atoms with Crippen LogP contribution in [0.3, 0.4) is 0 Å². The summed E-state index contributed by atoms with van der Waals surface area (Å²) in [4.78, 5) is 16.6. The topological polar surface area (TPSA) is 70.7 Å². The maximum atomic E-state index is 13.1. The van der Waals surface area contributed by atoms with Gasteiger partial charge in [0.25, 0.3) is 0 Å². The van der Waals surface area contributed by atoms with E-state index in [1.165, 1.54) is 18.3 Å². The van der Waals surface area contributed by atoms with Gasteiger partial charge >= 0.3 is 0 Å². The molecule has 0 radical (unpaired) electrons. The number of aromatic amines is 1. The molecule has 5 nitrogen and oxygen atoms in total. The molecule has 0 bridgehead atoms. The number of rotatable bonds is 5. The van der Waals surface area contributed by atoms with E-state index in [1.54, 1.807) is 36.7 Å². The molecule has 7 heteroatoms. The summed E-state index contributed by atoms with van der Waals surface area (Å²) in [6.45, 7) is 0. The van der Waals surface area contributed by atoms with Gasteiger partial charge in [0.2, 0.25) is 5.91 Å². The lowest BCUT2D eigenvalue weighted by atomic mass is 10.0. The van der Waals surface area contributed by atoms with Gasteiger partial charge in [0.15, 0.2) is 0 Å². The van der Waals surface area contributed by atoms with Crippen molar-refractivity contribution in [3.05, 3.63) is 66.4 Å². The van der Waals surface area contributed by atoms with Crippen molar-refractivity contribution in [1.82, 2.24) is 15.2 Å². The Labute approximate surface area is 143 Å². The van der Waals surface area contributed by atoms with Crippen molar-refractivity contribution in [1.29, 1.82) is 0 Å². The van der Waals surface area contributed by atoms with E-state index in [0.29, 0.717) is 17.1 Å². The van der Waals surface area contributed by atoms with Crippen molar-refractivity contribution in [3.63, 3.8) is 0 Å². The number of amides is 1. The number of halogens is 1. The molecule has 0 aliphatic heterocycles. The molecule has 0 saturated carbocycles. The van der Waals surface area contributed by atoms with E-state index in [0.717, 1.165) is 11.1 Å². The van der Waals surface area contributed by atoms with Crippen LogP contribution in [0.1, 0.15) is 11.5 Å². The van der Waals surface area contributed by atoms with E-state index in [1.807, 2.05) is 0 Å². The lowest BCUT2D eigenvalue weighted by Crippen LogP contribution is -2.22. The number of hydrogen-bond donors (Lipinski definition) is 3. The van der Waals surface area contributed by atoms with Crippen LogP contribution >= 0.6 is 12.6 Å². The smallest absolute Gasteiger partial charge is 0.232 e. The zero-order chi connectivity index (χ0) is 16.9. The highest BCUT2D eigenvalue weighted by Crippen LogP contribution is 2.27. The second-order valence-electron chi connectivity index (χ2n) is 5.17. The molecular formula is C17H15FN4OS. The fourth-order valence-corrected chi connectivity index (χ4v) is 2.75. The van der Waals surface area contributed by atoms with E-state index in [9.17, 15) is 9.18 Å². The van der Waals surface area contributed by atoms with Crippen LogP contribution in [0.25, 0.3) is 11.3 Å². The molecule has 2 N–H and O–H groups in total. The Bertz CT molecular complexity index is 820. The molecule has 0 aliphatic rings. The van der Waals surface area contributed by atoms with Crippen molar-refractivity contribution in [2.45, 2.75) is 5.92 Å². The number of carbonyl (C=O) groups excluding carboxylic acids is 1. The Morgan fingerprint density at radius 3 is 2.58 bits per heavy atom. The number of hydrogen-bond acceptors (Lipinski definition) is 4. The van der Waals surface area contributed by atoms with Crippen LogP contribution < -0.4 is 5.32 Å². The summed E-state index contributed by atoms with van der Waals surface area (Å²) >= 11 is 4.28. The molecule has 3 aromatic rings. The van der Waals surface area contributed by atoms with Crippen molar-refractivity contribution >= 4 is 24.2 Å². The Morgan fingerprint density at radius 1 is 1.21 bits per heavy atom. The number of pyridine rings is 1. The third-order valence-electron chi connectivity index (χ3n) is 3.64. The second kappa shape index (κ2) is 7.27. The number of nitrogens with zero attached hydrogens (tertiary/aromatic N) is 2. The highest BCUT2D eigenvalue weighted by Gasteiger charge is 2.21. The molecule has 2 heterocycles. The van der Waals surface area contributed by atoms with Gasteiger partial charge in [-0.15, -0.1) is 0 Å². The normalized spacial score (nSPS) is 11.9. The lowest BCUT2D eigenvalue weighted by molar-refractivity contribution is -0.117. The van der Waals surface area contributed by atoms with Crippen LogP contribution in [-0.2, 0) is 4.79 Å². The van der Waals surface area contributed by atoms with Crippen LogP contribution in [0.4, 0.5) is 10.1 Å². The summed E-state index contributed by atoms with van der Waals surface area (Å²) in [5.74, 6) is -0.565. The first-order valence-corrected chi connectivity index (χ1v) is 7.93. The SMILES string of the molecule is O=C(Nc1cn[nH]c1-c1ccc(F)cc1)C(CS)c1ccncc1. The van der Waals surface area contributed by atoms with Gasteiger partial charge in [-0.25, -0.2) is 4.39 Å². The molecule has 0 spiro atoms. The van der Waals surface area contributed by atoms with Gasteiger partial charge < -0.3 is 5.32 Å². The first-order chi connectivity index (χ1) is 11.7. The molecule has 122 valence electrons. The minimum atomic E-state index is -0.410. The molecule has 1 atom stereocenters. The third-order valence-corrected chi connectivity index (χ3v) is 4.00. The summed E-state index contributed by atoms with van der Waals surface area (Å²) < 4.78 is 13.1. The molecule has 3 rings (SSSR count). The quantitative estimate of drug-likeness (QED) is 0.623. The minimum absolute atomic E-state index is 0.194. The Kier molecular flexibility index (Phi) is 4.90. The number of aromatic nitrogens is 3. The number of H-pyrrole nitrogens is 1. The monoisotopic (exact) mass is 342 g/mol. The molecule has 0 aliphatic carbocycles. The van der Waals surface area contributed by atoms with Crippen molar-refractivity contribution in [3.8, 4) is 11.3 Å². The number of anilines is 1. The maximum Gasteiger partial charge on any atom is 0.232 e. The predicted molar refractivity (Wildman–Crippen MR) is 93.4 cm³/mol. The lowest BCUT2D eigenvalue weighted by Gasteiger charge is -2.15.